The van der Waals surface area contributed by atoms with Crippen molar-refractivity contribution in [3.05, 3.63) is 21.9 Å². The predicted molar refractivity (Wildman–Crippen MR) is 59.5 cm³/mol. The van der Waals surface area contributed by atoms with E-state index in [1.807, 2.05) is 6.07 Å². The Morgan fingerprint density at radius 3 is 3.00 bits per heavy atom. The Kier molecular flexibility index (Phi) is 5.31. The van der Waals surface area contributed by atoms with E-state index in [0.29, 0.717) is 4.88 Å². The second-order valence-electron chi connectivity index (χ2n) is 3.09. The van der Waals surface area contributed by atoms with Gasteiger partial charge in [-0.2, -0.15) is 0 Å². The van der Waals surface area contributed by atoms with Crippen LogP contribution >= 0.6 is 11.3 Å². The molecule has 1 aromatic heterocycles. The maximum absolute atomic E-state index is 10.6. The zero-order valence-corrected chi connectivity index (χ0v) is 9.47. The van der Waals surface area contributed by atoms with Gasteiger partial charge in [0.25, 0.3) is 0 Å². The van der Waals surface area contributed by atoms with E-state index < -0.39 is 5.97 Å². The summed E-state index contributed by atoms with van der Waals surface area (Å²) >= 11 is 1.31. The molecule has 0 saturated carbocycles. The normalized spacial score (nSPS) is 10.5. The highest BCUT2D eigenvalue weighted by molar-refractivity contribution is 7.13. The van der Waals surface area contributed by atoms with E-state index >= 15 is 0 Å². The largest absolute Gasteiger partial charge is 0.477 e. The third-order valence-corrected chi connectivity index (χ3v) is 2.95. The van der Waals surface area contributed by atoms with Crippen LogP contribution in [-0.4, -0.2) is 31.3 Å². The summed E-state index contributed by atoms with van der Waals surface area (Å²) in [7, 11) is 1.68. The van der Waals surface area contributed by atoms with E-state index in [4.69, 9.17) is 9.84 Å². The van der Waals surface area contributed by atoms with Gasteiger partial charge in [0, 0.05) is 25.1 Å². The molecule has 84 valence electrons. The van der Waals surface area contributed by atoms with Crippen molar-refractivity contribution in [2.24, 2.45) is 0 Å². The summed E-state index contributed by atoms with van der Waals surface area (Å²) in [6.45, 7) is 2.35. The smallest absolute Gasteiger partial charge is 0.345 e. The average Bonchev–Trinajstić information content (AvgIpc) is 2.66. The van der Waals surface area contributed by atoms with Gasteiger partial charge in [-0.1, -0.05) is 0 Å². The van der Waals surface area contributed by atoms with Gasteiger partial charge in [0.15, 0.2) is 0 Å². The molecule has 0 fully saturated rings. The number of thiophene rings is 1. The van der Waals surface area contributed by atoms with Gasteiger partial charge in [0.1, 0.15) is 4.88 Å². The lowest BCUT2D eigenvalue weighted by Gasteiger charge is -2.01. The minimum absolute atomic E-state index is 0.392. The number of rotatable bonds is 7. The molecule has 0 unspecified atom stereocenters. The summed E-state index contributed by atoms with van der Waals surface area (Å²) in [5, 5.41) is 11.9. The lowest BCUT2D eigenvalue weighted by Crippen LogP contribution is -2.15. The van der Waals surface area contributed by atoms with Gasteiger partial charge in [-0.25, -0.2) is 4.79 Å². The van der Waals surface area contributed by atoms with Crippen molar-refractivity contribution in [2.45, 2.75) is 13.0 Å². The van der Waals surface area contributed by atoms with Crippen LogP contribution in [0.15, 0.2) is 12.1 Å². The highest BCUT2D eigenvalue weighted by Crippen LogP contribution is 2.15. The van der Waals surface area contributed by atoms with E-state index in [-0.39, 0.29) is 0 Å². The molecule has 4 nitrogen and oxygen atoms in total. The molecule has 0 atom stereocenters. The molecule has 0 spiro atoms. The molecule has 0 aliphatic heterocycles. The molecule has 0 amide bonds. The summed E-state index contributed by atoms with van der Waals surface area (Å²) in [4.78, 5) is 12.0. The number of methoxy groups -OCH3 is 1. The molecule has 0 aliphatic rings. The average molecular weight is 229 g/mol. The van der Waals surface area contributed by atoms with Crippen molar-refractivity contribution in [2.75, 3.05) is 20.3 Å². The molecule has 5 heteroatoms. The number of carboxylic acids is 1. The number of hydrogen-bond donors (Lipinski definition) is 2. The Hall–Kier alpha value is -0.910. The standard InChI is InChI=1S/C10H15NO3S/c1-14-6-2-5-11-7-8-3-4-9(15-8)10(12)13/h3-4,11H,2,5-7H2,1H3,(H,12,13). The Morgan fingerprint density at radius 1 is 1.60 bits per heavy atom. The molecule has 1 rings (SSSR count). The van der Waals surface area contributed by atoms with Gasteiger partial charge >= 0.3 is 5.97 Å². The molecule has 1 aromatic rings. The highest BCUT2D eigenvalue weighted by atomic mass is 32.1. The van der Waals surface area contributed by atoms with Gasteiger partial charge in [0.05, 0.1) is 0 Å². The van der Waals surface area contributed by atoms with Gasteiger partial charge in [0.2, 0.25) is 0 Å². The monoisotopic (exact) mass is 229 g/mol. The van der Waals surface area contributed by atoms with Crippen LogP contribution < -0.4 is 5.32 Å². The molecule has 1 heterocycles. The topological polar surface area (TPSA) is 58.6 Å². The second-order valence-corrected chi connectivity index (χ2v) is 4.26. The number of nitrogens with one attached hydrogen (secondary N) is 1. The molecule has 2 N–H and O–H groups in total. The Labute approximate surface area is 92.9 Å². The van der Waals surface area contributed by atoms with E-state index in [2.05, 4.69) is 5.32 Å². The fraction of sp³-hybridized carbons (Fsp3) is 0.500. The first-order valence-corrected chi connectivity index (χ1v) is 5.57. The highest BCUT2D eigenvalue weighted by Gasteiger charge is 2.05. The number of carbonyl (C=O) groups is 1. The minimum Gasteiger partial charge on any atom is -0.477 e. The van der Waals surface area contributed by atoms with Crippen LogP contribution in [0.25, 0.3) is 0 Å². The van der Waals surface area contributed by atoms with E-state index in [9.17, 15) is 4.79 Å². The van der Waals surface area contributed by atoms with Crippen LogP contribution in [0.1, 0.15) is 21.0 Å². The van der Waals surface area contributed by atoms with Crippen molar-refractivity contribution in [1.82, 2.24) is 5.32 Å². The van der Waals surface area contributed by atoms with Crippen LogP contribution in [-0.2, 0) is 11.3 Å². The zero-order chi connectivity index (χ0) is 11.1. The molecule has 15 heavy (non-hydrogen) atoms. The number of aromatic carboxylic acids is 1. The molecule has 0 aromatic carbocycles. The fourth-order valence-electron chi connectivity index (χ4n) is 1.14. The van der Waals surface area contributed by atoms with Gasteiger partial charge in [-0.05, 0) is 25.1 Å². The van der Waals surface area contributed by atoms with Crippen LogP contribution in [0.3, 0.4) is 0 Å². The van der Waals surface area contributed by atoms with Crippen LogP contribution in [0.2, 0.25) is 0 Å². The Morgan fingerprint density at radius 2 is 2.40 bits per heavy atom. The third-order valence-electron chi connectivity index (χ3n) is 1.87. The quantitative estimate of drug-likeness (QED) is 0.697. The number of carboxylic acid groups (broad SMARTS) is 1. The summed E-state index contributed by atoms with van der Waals surface area (Å²) in [5.74, 6) is -0.856. The van der Waals surface area contributed by atoms with E-state index in [0.717, 1.165) is 31.0 Å². The first-order chi connectivity index (χ1) is 7.24. The molecule has 0 bridgehead atoms. The van der Waals surface area contributed by atoms with E-state index in [1.54, 1.807) is 13.2 Å². The van der Waals surface area contributed by atoms with Crippen molar-refractivity contribution in [3.63, 3.8) is 0 Å². The Balaban J connectivity index is 2.23. The van der Waals surface area contributed by atoms with Crippen LogP contribution in [0.5, 0.6) is 0 Å². The fourth-order valence-corrected chi connectivity index (χ4v) is 1.96. The van der Waals surface area contributed by atoms with Crippen molar-refractivity contribution < 1.29 is 14.6 Å². The molecule has 0 saturated heterocycles. The number of hydrogen-bond acceptors (Lipinski definition) is 4. The van der Waals surface area contributed by atoms with Gasteiger partial charge < -0.3 is 15.2 Å². The summed E-state index contributed by atoms with van der Waals surface area (Å²) in [6.07, 6.45) is 0.966. The summed E-state index contributed by atoms with van der Waals surface area (Å²) < 4.78 is 4.91. The first-order valence-electron chi connectivity index (χ1n) is 4.75. The molecule has 0 radical (unpaired) electrons. The molecule has 0 aliphatic carbocycles. The van der Waals surface area contributed by atoms with Gasteiger partial charge in [-0.3, -0.25) is 0 Å². The summed E-state index contributed by atoms with van der Waals surface area (Å²) in [6, 6.07) is 3.48. The van der Waals surface area contributed by atoms with Crippen molar-refractivity contribution >= 4 is 17.3 Å². The van der Waals surface area contributed by atoms with Crippen LogP contribution in [0.4, 0.5) is 0 Å². The predicted octanol–water partition coefficient (Wildman–Crippen LogP) is 1.57. The first kappa shape index (κ1) is 12.2. The lowest BCUT2D eigenvalue weighted by molar-refractivity contribution is 0.0702. The third kappa shape index (κ3) is 4.42. The Bertz CT molecular complexity index is 311. The minimum atomic E-state index is -0.856. The second kappa shape index (κ2) is 6.55. The van der Waals surface area contributed by atoms with Crippen molar-refractivity contribution in [3.8, 4) is 0 Å². The van der Waals surface area contributed by atoms with E-state index in [1.165, 1.54) is 11.3 Å². The van der Waals surface area contributed by atoms with Crippen LogP contribution in [0, 0.1) is 0 Å². The zero-order valence-electron chi connectivity index (χ0n) is 8.66. The lowest BCUT2D eigenvalue weighted by atomic mass is 10.4. The summed E-state index contributed by atoms with van der Waals surface area (Å²) in [5.41, 5.74) is 0. The van der Waals surface area contributed by atoms with Crippen molar-refractivity contribution in [1.29, 1.82) is 0 Å². The number of ether oxygens (including phenoxy) is 1. The maximum atomic E-state index is 10.6. The molecular formula is C10H15NO3S. The maximum Gasteiger partial charge on any atom is 0.345 e. The van der Waals surface area contributed by atoms with Gasteiger partial charge in [-0.15, -0.1) is 11.3 Å². The molecular weight excluding hydrogens is 214 g/mol. The SMILES string of the molecule is COCCCNCc1ccc(C(=O)O)s1.